The van der Waals surface area contributed by atoms with Crippen molar-refractivity contribution in [3.8, 4) is 0 Å². The van der Waals surface area contributed by atoms with E-state index in [2.05, 4.69) is 39.6 Å². The molecule has 0 aliphatic carbocycles. The molecule has 0 aliphatic rings. The first kappa shape index (κ1) is 21.7. The van der Waals surface area contributed by atoms with E-state index >= 15 is 0 Å². The van der Waals surface area contributed by atoms with Gasteiger partial charge in [0.25, 0.3) is 5.91 Å². The Balaban J connectivity index is 1.91. The van der Waals surface area contributed by atoms with Crippen LogP contribution in [0.1, 0.15) is 24.2 Å². The number of likely N-dealkylation sites (N-methyl/N-ethyl adjacent to an activating group) is 1. The second-order valence-corrected chi connectivity index (χ2v) is 9.01. The van der Waals surface area contributed by atoms with E-state index in [4.69, 9.17) is 4.98 Å². The van der Waals surface area contributed by atoms with Crippen molar-refractivity contribution in [1.82, 2.24) is 9.88 Å². The molecule has 29 heavy (non-hydrogen) atoms. The van der Waals surface area contributed by atoms with Crippen molar-refractivity contribution in [3.63, 3.8) is 0 Å². The van der Waals surface area contributed by atoms with E-state index < -0.39 is 0 Å². The summed E-state index contributed by atoms with van der Waals surface area (Å²) in [6.07, 6.45) is 0. The fourth-order valence-electron chi connectivity index (χ4n) is 3.15. The molecular weight excluding hydrogens is 448 g/mol. The van der Waals surface area contributed by atoms with Gasteiger partial charge in [0.05, 0.1) is 10.2 Å². The van der Waals surface area contributed by atoms with Crippen molar-refractivity contribution < 1.29 is 4.79 Å². The molecule has 3 rings (SSSR count). The topological polar surface area (TPSA) is 39.7 Å². The summed E-state index contributed by atoms with van der Waals surface area (Å²) in [5.41, 5.74) is 2.73. The summed E-state index contributed by atoms with van der Waals surface area (Å²) in [6, 6.07) is 13.9. The molecule has 3 aromatic rings. The number of anilines is 2. The van der Waals surface area contributed by atoms with Gasteiger partial charge in [0, 0.05) is 41.9 Å². The monoisotopic (exact) mass is 474 g/mol. The van der Waals surface area contributed by atoms with E-state index in [0.717, 1.165) is 45.1 Å². The Bertz CT molecular complexity index is 967. The minimum absolute atomic E-state index is 0.0175. The highest BCUT2D eigenvalue weighted by Gasteiger charge is 2.21. The lowest BCUT2D eigenvalue weighted by molar-refractivity contribution is 0.0985. The van der Waals surface area contributed by atoms with Crippen LogP contribution in [0.15, 0.2) is 46.9 Å². The quantitative estimate of drug-likeness (QED) is 0.454. The summed E-state index contributed by atoms with van der Waals surface area (Å²) < 4.78 is 2.08. The van der Waals surface area contributed by atoms with Crippen LogP contribution in [-0.2, 0) is 0 Å². The minimum Gasteiger partial charge on any atom is -0.372 e. The summed E-state index contributed by atoms with van der Waals surface area (Å²) in [4.78, 5) is 24.2. The van der Waals surface area contributed by atoms with E-state index in [9.17, 15) is 4.79 Å². The number of amides is 1. The zero-order chi connectivity index (χ0) is 21.0. The summed E-state index contributed by atoms with van der Waals surface area (Å²) in [6.45, 7) is 7.52. The zero-order valence-electron chi connectivity index (χ0n) is 17.4. The molecule has 1 amide bonds. The molecule has 0 saturated heterocycles. The predicted molar refractivity (Wildman–Crippen MR) is 128 cm³/mol. The smallest absolute Gasteiger partial charge is 0.260 e. The molecule has 154 valence electrons. The predicted octanol–water partition coefficient (Wildman–Crippen LogP) is 5.11. The fourth-order valence-corrected chi connectivity index (χ4v) is 4.69. The number of benzene rings is 2. The number of carbonyl (C=O) groups is 1. The highest BCUT2D eigenvalue weighted by atomic mass is 79.9. The van der Waals surface area contributed by atoms with Crippen LogP contribution in [0, 0.1) is 0 Å². The molecular formula is C22H27BrN4OS. The lowest BCUT2D eigenvalue weighted by Gasteiger charge is -2.23. The molecule has 0 saturated carbocycles. The van der Waals surface area contributed by atoms with Crippen molar-refractivity contribution in [2.75, 3.05) is 50.1 Å². The molecule has 5 nitrogen and oxygen atoms in total. The number of carbonyl (C=O) groups excluding carboxylic acids is 1. The molecule has 0 spiro atoms. The van der Waals surface area contributed by atoms with Gasteiger partial charge in [-0.3, -0.25) is 9.69 Å². The van der Waals surface area contributed by atoms with Crippen molar-refractivity contribution in [2.45, 2.75) is 13.8 Å². The molecule has 1 aromatic heterocycles. The number of halogens is 1. The Morgan fingerprint density at radius 3 is 2.34 bits per heavy atom. The SMILES string of the molecule is CCN(CC)c1ccc(C(=O)N(CCN(C)C)c2nc3ccc(Br)cc3s2)cc1. The Labute approximate surface area is 185 Å². The van der Waals surface area contributed by atoms with Gasteiger partial charge < -0.3 is 9.80 Å². The maximum Gasteiger partial charge on any atom is 0.260 e. The van der Waals surface area contributed by atoms with E-state index in [0.29, 0.717) is 12.1 Å². The first-order valence-corrected chi connectivity index (χ1v) is 11.4. The Morgan fingerprint density at radius 1 is 1.03 bits per heavy atom. The van der Waals surface area contributed by atoms with Gasteiger partial charge in [0.2, 0.25) is 0 Å². The number of hydrogen-bond acceptors (Lipinski definition) is 5. The molecule has 0 fully saturated rings. The van der Waals surface area contributed by atoms with E-state index in [-0.39, 0.29) is 5.91 Å². The molecule has 0 bridgehead atoms. The maximum absolute atomic E-state index is 13.4. The van der Waals surface area contributed by atoms with Crippen LogP contribution in [0.2, 0.25) is 0 Å². The molecule has 0 aliphatic heterocycles. The number of rotatable bonds is 8. The van der Waals surface area contributed by atoms with Gasteiger partial charge in [-0.1, -0.05) is 27.3 Å². The second kappa shape index (κ2) is 9.69. The molecule has 0 atom stereocenters. The number of nitrogens with zero attached hydrogens (tertiary/aromatic N) is 4. The Hall–Kier alpha value is -1.96. The Kier molecular flexibility index (Phi) is 7.27. The lowest BCUT2D eigenvalue weighted by atomic mass is 10.1. The Morgan fingerprint density at radius 2 is 1.72 bits per heavy atom. The van der Waals surface area contributed by atoms with Gasteiger partial charge in [-0.15, -0.1) is 0 Å². The molecule has 0 unspecified atom stereocenters. The van der Waals surface area contributed by atoms with Crippen LogP contribution in [0.5, 0.6) is 0 Å². The van der Waals surface area contributed by atoms with Gasteiger partial charge in [-0.2, -0.15) is 0 Å². The third kappa shape index (κ3) is 5.15. The van der Waals surface area contributed by atoms with Gasteiger partial charge in [0.15, 0.2) is 5.13 Å². The summed E-state index contributed by atoms with van der Waals surface area (Å²) in [5.74, 6) is -0.0175. The van der Waals surface area contributed by atoms with Crippen molar-refractivity contribution in [2.24, 2.45) is 0 Å². The second-order valence-electron chi connectivity index (χ2n) is 7.09. The lowest BCUT2D eigenvalue weighted by Crippen LogP contribution is -2.36. The average molecular weight is 475 g/mol. The van der Waals surface area contributed by atoms with E-state index in [1.54, 1.807) is 16.2 Å². The highest BCUT2D eigenvalue weighted by Crippen LogP contribution is 2.31. The first-order chi connectivity index (χ1) is 13.9. The van der Waals surface area contributed by atoms with Crippen LogP contribution < -0.4 is 9.80 Å². The van der Waals surface area contributed by atoms with Crippen LogP contribution >= 0.6 is 27.3 Å². The van der Waals surface area contributed by atoms with Crippen LogP contribution in [-0.4, -0.2) is 56.1 Å². The molecule has 0 N–H and O–H groups in total. The maximum atomic E-state index is 13.4. The van der Waals surface area contributed by atoms with E-state index in [1.807, 2.05) is 56.6 Å². The van der Waals surface area contributed by atoms with Crippen LogP contribution in [0.4, 0.5) is 10.8 Å². The average Bonchev–Trinajstić information content (AvgIpc) is 3.12. The van der Waals surface area contributed by atoms with Crippen molar-refractivity contribution in [1.29, 1.82) is 0 Å². The number of aromatic nitrogens is 1. The van der Waals surface area contributed by atoms with Gasteiger partial charge in [0.1, 0.15) is 0 Å². The molecule has 2 aromatic carbocycles. The largest absolute Gasteiger partial charge is 0.372 e. The van der Waals surface area contributed by atoms with Crippen LogP contribution in [0.25, 0.3) is 10.2 Å². The number of fused-ring (bicyclic) bond motifs is 1. The molecule has 0 radical (unpaired) electrons. The zero-order valence-corrected chi connectivity index (χ0v) is 19.8. The summed E-state index contributed by atoms with van der Waals surface area (Å²) in [7, 11) is 4.02. The first-order valence-electron chi connectivity index (χ1n) is 9.80. The normalized spacial score (nSPS) is 11.2. The molecule has 1 heterocycles. The van der Waals surface area contributed by atoms with E-state index in [1.165, 1.54) is 0 Å². The van der Waals surface area contributed by atoms with Crippen LogP contribution in [0.3, 0.4) is 0 Å². The van der Waals surface area contributed by atoms with Crippen molar-refractivity contribution in [3.05, 3.63) is 52.5 Å². The van der Waals surface area contributed by atoms with Gasteiger partial charge >= 0.3 is 0 Å². The fraction of sp³-hybridized carbons (Fsp3) is 0.364. The summed E-state index contributed by atoms with van der Waals surface area (Å²) >= 11 is 5.06. The minimum atomic E-state index is -0.0175. The molecule has 7 heteroatoms. The van der Waals surface area contributed by atoms with Crippen molar-refractivity contribution >= 4 is 54.2 Å². The standard InChI is InChI=1S/C22H27BrN4OS/c1-5-26(6-2)18-10-7-16(8-11-18)21(28)27(14-13-25(3)4)22-24-19-12-9-17(23)15-20(19)29-22/h7-12,15H,5-6,13-14H2,1-4H3. The number of thiazole rings is 1. The summed E-state index contributed by atoms with van der Waals surface area (Å²) in [5, 5.41) is 0.734. The van der Waals surface area contributed by atoms with Gasteiger partial charge in [-0.05, 0) is 70.4 Å². The third-order valence-corrected chi connectivity index (χ3v) is 6.36. The highest BCUT2D eigenvalue weighted by molar-refractivity contribution is 9.10. The number of hydrogen-bond donors (Lipinski definition) is 0. The van der Waals surface area contributed by atoms with Gasteiger partial charge in [-0.25, -0.2) is 4.98 Å². The third-order valence-electron chi connectivity index (χ3n) is 4.83.